The third-order valence-corrected chi connectivity index (χ3v) is 5.74. The van der Waals surface area contributed by atoms with Crippen LogP contribution in [0.1, 0.15) is 30.6 Å². The Kier molecular flexibility index (Phi) is 6.26. The van der Waals surface area contributed by atoms with Gasteiger partial charge in [0.2, 0.25) is 5.91 Å². The Morgan fingerprint density at radius 1 is 1.07 bits per heavy atom. The van der Waals surface area contributed by atoms with Crippen LogP contribution in [-0.4, -0.2) is 31.7 Å². The number of nitrogens with zero attached hydrogens (tertiary/aromatic N) is 3. The number of ketones is 1. The van der Waals surface area contributed by atoms with Crippen LogP contribution in [0.4, 0.5) is 5.69 Å². The smallest absolute Gasteiger partial charge is 0.237 e. The van der Waals surface area contributed by atoms with Gasteiger partial charge in [0.25, 0.3) is 0 Å². The second-order valence-corrected chi connectivity index (χ2v) is 7.54. The van der Waals surface area contributed by atoms with E-state index in [0.29, 0.717) is 22.8 Å². The van der Waals surface area contributed by atoms with Gasteiger partial charge in [0.05, 0.1) is 5.25 Å². The van der Waals surface area contributed by atoms with Crippen molar-refractivity contribution in [3.8, 4) is 11.4 Å². The first kappa shape index (κ1) is 19.8. The van der Waals surface area contributed by atoms with Crippen LogP contribution in [0, 0.1) is 0 Å². The molecule has 0 bridgehead atoms. The molecule has 0 aliphatic carbocycles. The molecule has 0 radical (unpaired) electrons. The van der Waals surface area contributed by atoms with Gasteiger partial charge in [0.1, 0.15) is 0 Å². The maximum Gasteiger partial charge on any atom is 0.237 e. The van der Waals surface area contributed by atoms with Crippen molar-refractivity contribution < 1.29 is 9.59 Å². The van der Waals surface area contributed by atoms with Crippen LogP contribution in [0.2, 0.25) is 0 Å². The summed E-state index contributed by atoms with van der Waals surface area (Å²) in [5.41, 5.74) is 2.26. The quantitative estimate of drug-likeness (QED) is 0.480. The largest absolute Gasteiger partial charge is 0.325 e. The molecule has 0 fully saturated rings. The average molecular weight is 395 g/mol. The van der Waals surface area contributed by atoms with E-state index in [0.717, 1.165) is 11.4 Å². The Labute approximate surface area is 168 Å². The molecule has 0 unspecified atom stereocenters. The number of amides is 1. The molecule has 28 heavy (non-hydrogen) atoms. The highest BCUT2D eigenvalue weighted by Gasteiger charge is 2.22. The van der Waals surface area contributed by atoms with Crippen LogP contribution in [0.5, 0.6) is 0 Å². The SMILES string of the molecule is CC[C@@H](Sc1nnc(-c2ccccc2)n1C)C(=O)Nc1ccc(C(C)=O)cc1. The monoisotopic (exact) mass is 394 g/mol. The van der Waals surface area contributed by atoms with Crippen LogP contribution in [-0.2, 0) is 11.8 Å². The molecule has 3 aromatic rings. The van der Waals surface area contributed by atoms with Crippen molar-refractivity contribution >= 4 is 29.1 Å². The van der Waals surface area contributed by atoms with Gasteiger partial charge in [-0.2, -0.15) is 0 Å². The van der Waals surface area contributed by atoms with Crippen molar-refractivity contribution in [2.45, 2.75) is 30.7 Å². The summed E-state index contributed by atoms with van der Waals surface area (Å²) in [6, 6.07) is 16.7. The van der Waals surface area contributed by atoms with E-state index in [4.69, 9.17) is 0 Å². The summed E-state index contributed by atoms with van der Waals surface area (Å²) in [7, 11) is 1.90. The van der Waals surface area contributed by atoms with Crippen molar-refractivity contribution in [3.05, 3.63) is 60.2 Å². The van der Waals surface area contributed by atoms with Gasteiger partial charge < -0.3 is 9.88 Å². The fourth-order valence-corrected chi connectivity index (χ4v) is 3.64. The highest BCUT2D eigenvalue weighted by atomic mass is 32.2. The number of benzene rings is 2. The predicted molar refractivity (Wildman–Crippen MR) is 111 cm³/mol. The minimum absolute atomic E-state index is 0.00336. The fraction of sp³-hybridized carbons (Fsp3) is 0.238. The Hall–Kier alpha value is -2.93. The van der Waals surface area contributed by atoms with E-state index in [2.05, 4.69) is 15.5 Å². The lowest BCUT2D eigenvalue weighted by atomic mass is 10.1. The first-order valence-electron chi connectivity index (χ1n) is 9.03. The lowest BCUT2D eigenvalue weighted by Crippen LogP contribution is -2.25. The third kappa shape index (κ3) is 4.48. The number of carbonyl (C=O) groups is 2. The molecule has 144 valence electrons. The molecule has 1 atom stereocenters. The Balaban J connectivity index is 1.71. The molecule has 2 aromatic carbocycles. The zero-order valence-electron chi connectivity index (χ0n) is 16.0. The topological polar surface area (TPSA) is 76.9 Å². The minimum atomic E-state index is -0.306. The summed E-state index contributed by atoms with van der Waals surface area (Å²) in [6.07, 6.45) is 0.648. The van der Waals surface area contributed by atoms with Crippen molar-refractivity contribution in [1.29, 1.82) is 0 Å². The molecule has 1 heterocycles. The summed E-state index contributed by atoms with van der Waals surface area (Å²) in [4.78, 5) is 24.1. The van der Waals surface area contributed by atoms with E-state index in [1.807, 2.05) is 48.9 Å². The lowest BCUT2D eigenvalue weighted by Gasteiger charge is -2.14. The van der Waals surface area contributed by atoms with E-state index >= 15 is 0 Å². The van der Waals surface area contributed by atoms with Crippen LogP contribution in [0.3, 0.4) is 0 Å². The summed E-state index contributed by atoms with van der Waals surface area (Å²) in [6.45, 7) is 3.48. The molecule has 7 heteroatoms. The van der Waals surface area contributed by atoms with Crippen LogP contribution in [0.25, 0.3) is 11.4 Å². The number of nitrogens with one attached hydrogen (secondary N) is 1. The van der Waals surface area contributed by atoms with E-state index in [1.54, 1.807) is 24.3 Å². The zero-order chi connectivity index (χ0) is 20.1. The fourth-order valence-electron chi connectivity index (χ4n) is 2.72. The molecular weight excluding hydrogens is 372 g/mol. The molecule has 1 N–H and O–H groups in total. The molecule has 0 spiro atoms. The Morgan fingerprint density at radius 2 is 1.75 bits per heavy atom. The second kappa shape index (κ2) is 8.84. The van der Waals surface area contributed by atoms with Gasteiger partial charge in [-0.3, -0.25) is 9.59 Å². The number of rotatable bonds is 7. The first-order valence-corrected chi connectivity index (χ1v) is 9.91. The number of Topliss-reactive ketones (excluding diaryl/α,β-unsaturated/α-hetero) is 1. The molecule has 0 saturated heterocycles. The van der Waals surface area contributed by atoms with Gasteiger partial charge in [-0.1, -0.05) is 49.0 Å². The van der Waals surface area contributed by atoms with Crippen molar-refractivity contribution in [1.82, 2.24) is 14.8 Å². The number of hydrogen-bond acceptors (Lipinski definition) is 5. The summed E-state index contributed by atoms with van der Waals surface area (Å²) in [5, 5.41) is 11.8. The molecule has 3 rings (SSSR count). The van der Waals surface area contributed by atoms with Gasteiger partial charge in [-0.25, -0.2) is 0 Å². The summed E-state index contributed by atoms with van der Waals surface area (Å²) < 4.78 is 1.90. The first-order chi connectivity index (χ1) is 13.5. The van der Waals surface area contributed by atoms with Gasteiger partial charge in [0, 0.05) is 23.9 Å². The van der Waals surface area contributed by atoms with Crippen LogP contribution < -0.4 is 5.32 Å². The van der Waals surface area contributed by atoms with E-state index < -0.39 is 0 Å². The van der Waals surface area contributed by atoms with Gasteiger partial charge in [-0.05, 0) is 37.6 Å². The second-order valence-electron chi connectivity index (χ2n) is 6.37. The lowest BCUT2D eigenvalue weighted by molar-refractivity contribution is -0.115. The minimum Gasteiger partial charge on any atom is -0.325 e. The maximum atomic E-state index is 12.7. The standard InChI is InChI=1S/C21H22N4O2S/c1-4-18(20(27)22-17-12-10-15(11-13-17)14(2)26)28-21-24-23-19(25(21)3)16-8-6-5-7-9-16/h5-13,18H,4H2,1-3H3,(H,22,27)/t18-/m1/s1. The predicted octanol–water partition coefficient (Wildman–Crippen LogP) is 4.19. The molecule has 0 saturated carbocycles. The molecule has 0 aliphatic rings. The van der Waals surface area contributed by atoms with Crippen LogP contribution >= 0.6 is 11.8 Å². The third-order valence-electron chi connectivity index (χ3n) is 4.34. The van der Waals surface area contributed by atoms with Gasteiger partial charge >= 0.3 is 0 Å². The number of thioether (sulfide) groups is 1. The highest BCUT2D eigenvalue weighted by Crippen LogP contribution is 2.28. The maximum absolute atomic E-state index is 12.7. The number of anilines is 1. The summed E-state index contributed by atoms with van der Waals surface area (Å²) in [5.74, 6) is 0.655. The molecule has 0 aliphatic heterocycles. The zero-order valence-corrected chi connectivity index (χ0v) is 16.9. The van der Waals surface area contributed by atoms with Crippen molar-refractivity contribution in [3.63, 3.8) is 0 Å². The molecule has 6 nitrogen and oxygen atoms in total. The van der Waals surface area contributed by atoms with E-state index in [1.165, 1.54) is 18.7 Å². The Morgan fingerprint density at radius 3 is 2.36 bits per heavy atom. The highest BCUT2D eigenvalue weighted by molar-refractivity contribution is 8.00. The van der Waals surface area contributed by atoms with Gasteiger partial charge in [0.15, 0.2) is 16.8 Å². The Bertz CT molecular complexity index is 968. The normalized spacial score (nSPS) is 11.8. The number of carbonyl (C=O) groups excluding carboxylic acids is 2. The summed E-state index contributed by atoms with van der Waals surface area (Å²) >= 11 is 1.39. The number of hydrogen-bond donors (Lipinski definition) is 1. The van der Waals surface area contributed by atoms with Crippen LogP contribution in [0.15, 0.2) is 59.8 Å². The molecule has 1 aromatic heterocycles. The van der Waals surface area contributed by atoms with Gasteiger partial charge in [-0.15, -0.1) is 10.2 Å². The van der Waals surface area contributed by atoms with E-state index in [9.17, 15) is 9.59 Å². The number of aromatic nitrogens is 3. The molecular formula is C21H22N4O2S. The average Bonchev–Trinajstić information content (AvgIpc) is 3.07. The van der Waals surface area contributed by atoms with Crippen molar-refractivity contribution in [2.24, 2.45) is 7.05 Å². The van der Waals surface area contributed by atoms with Crippen molar-refractivity contribution in [2.75, 3.05) is 5.32 Å². The molecule has 1 amide bonds. The van der Waals surface area contributed by atoms with E-state index in [-0.39, 0.29) is 16.9 Å².